The molecule has 0 radical (unpaired) electrons. The van der Waals surface area contributed by atoms with E-state index in [-0.39, 0.29) is 0 Å². The lowest BCUT2D eigenvalue weighted by molar-refractivity contribution is -0.126. The van der Waals surface area contributed by atoms with Crippen LogP contribution in [0.25, 0.3) is 0 Å². The summed E-state index contributed by atoms with van der Waals surface area (Å²) in [6.45, 7) is 8.24. The van der Waals surface area contributed by atoms with Gasteiger partial charge in [-0.25, -0.2) is 0 Å². The summed E-state index contributed by atoms with van der Waals surface area (Å²) in [4.78, 5) is 10.3. The summed E-state index contributed by atoms with van der Waals surface area (Å²) in [7, 11) is 0. The molecule has 0 spiro atoms. The second-order valence-corrected chi connectivity index (χ2v) is 4.65. The first-order valence-corrected chi connectivity index (χ1v) is 5.84. The van der Waals surface area contributed by atoms with Crippen molar-refractivity contribution in [2.75, 3.05) is 0 Å². The van der Waals surface area contributed by atoms with Crippen LogP contribution in [-0.2, 0) is 4.79 Å². The third-order valence-corrected chi connectivity index (χ3v) is 3.34. The second kappa shape index (κ2) is 5.33. The summed E-state index contributed by atoms with van der Waals surface area (Å²) in [5.41, 5.74) is 1.45. The summed E-state index contributed by atoms with van der Waals surface area (Å²) < 4.78 is 0. The first kappa shape index (κ1) is 11.5. The highest BCUT2D eigenvalue weighted by atomic mass is 16.1. The molecule has 0 heterocycles. The molecule has 0 aromatic carbocycles. The first-order valence-electron chi connectivity index (χ1n) is 5.84. The van der Waals surface area contributed by atoms with Crippen LogP contribution in [0.2, 0.25) is 0 Å². The van der Waals surface area contributed by atoms with E-state index < -0.39 is 0 Å². The maximum absolute atomic E-state index is 10.3. The standard InChI is InChI=1S/C7H12.C6H10O/c1-3-7-4-6(2)5-7;1-2-5-3-6(7)4-5/h7H,2-5H2,1H3;5H,2-4H2,1H3. The van der Waals surface area contributed by atoms with Gasteiger partial charge in [-0.15, -0.1) is 0 Å². The zero-order valence-electron chi connectivity index (χ0n) is 9.51. The molecule has 1 heteroatoms. The molecule has 14 heavy (non-hydrogen) atoms. The number of hydrogen-bond acceptors (Lipinski definition) is 1. The molecule has 0 aliphatic heterocycles. The van der Waals surface area contributed by atoms with E-state index in [4.69, 9.17) is 0 Å². The largest absolute Gasteiger partial charge is 0.300 e. The molecule has 2 aliphatic rings. The fourth-order valence-electron chi connectivity index (χ4n) is 1.92. The summed E-state index contributed by atoms with van der Waals surface area (Å²) >= 11 is 0. The van der Waals surface area contributed by atoms with Gasteiger partial charge in [0.05, 0.1) is 0 Å². The SMILES string of the molecule is C=C1CC(CC)C1.CCC1CC(=O)C1. The molecule has 2 saturated carbocycles. The third-order valence-electron chi connectivity index (χ3n) is 3.34. The summed E-state index contributed by atoms with van der Waals surface area (Å²) in [5, 5.41) is 0. The Kier molecular flexibility index (Phi) is 4.37. The smallest absolute Gasteiger partial charge is 0.133 e. The molecule has 0 saturated heterocycles. The Bertz CT molecular complexity index is 177. The minimum absolute atomic E-state index is 0.451. The van der Waals surface area contributed by atoms with E-state index in [0.717, 1.165) is 24.7 Å². The molecule has 0 amide bonds. The number of carbonyl (C=O) groups is 1. The molecule has 0 unspecified atom stereocenters. The molecule has 2 rings (SSSR count). The highest BCUT2D eigenvalue weighted by Crippen LogP contribution is 2.33. The van der Waals surface area contributed by atoms with Crippen LogP contribution in [0.5, 0.6) is 0 Å². The fraction of sp³-hybridized carbons (Fsp3) is 0.769. The predicted octanol–water partition coefficient (Wildman–Crippen LogP) is 3.74. The number of ketones is 1. The second-order valence-electron chi connectivity index (χ2n) is 4.65. The van der Waals surface area contributed by atoms with Gasteiger partial charge in [-0.05, 0) is 24.7 Å². The first-order chi connectivity index (χ1) is 6.65. The number of Topliss-reactive ketones (excluding diaryl/α,β-unsaturated/α-hetero) is 1. The van der Waals surface area contributed by atoms with Crippen molar-refractivity contribution in [1.29, 1.82) is 0 Å². The topological polar surface area (TPSA) is 17.1 Å². The fourth-order valence-corrected chi connectivity index (χ4v) is 1.92. The minimum Gasteiger partial charge on any atom is -0.300 e. The van der Waals surface area contributed by atoms with Crippen LogP contribution >= 0.6 is 0 Å². The molecule has 1 nitrogen and oxygen atoms in total. The van der Waals surface area contributed by atoms with E-state index in [0.29, 0.717) is 5.78 Å². The molecule has 0 aromatic rings. The van der Waals surface area contributed by atoms with Gasteiger partial charge in [-0.2, -0.15) is 0 Å². The number of allylic oxidation sites excluding steroid dienone is 1. The Labute approximate surface area is 87.6 Å². The van der Waals surface area contributed by atoms with Gasteiger partial charge in [0.25, 0.3) is 0 Å². The van der Waals surface area contributed by atoms with Gasteiger partial charge in [0, 0.05) is 12.8 Å². The number of hydrogen-bond donors (Lipinski definition) is 0. The van der Waals surface area contributed by atoms with Crippen molar-refractivity contribution >= 4 is 5.78 Å². The molecule has 2 aliphatic carbocycles. The maximum atomic E-state index is 10.3. The molecule has 80 valence electrons. The van der Waals surface area contributed by atoms with Crippen LogP contribution in [0.4, 0.5) is 0 Å². The van der Waals surface area contributed by atoms with Crippen molar-refractivity contribution in [2.45, 2.75) is 52.4 Å². The van der Waals surface area contributed by atoms with Gasteiger partial charge in [0.15, 0.2) is 0 Å². The van der Waals surface area contributed by atoms with Crippen molar-refractivity contribution in [3.63, 3.8) is 0 Å². The molecule has 0 bridgehead atoms. The van der Waals surface area contributed by atoms with E-state index in [1.165, 1.54) is 31.3 Å². The van der Waals surface area contributed by atoms with Crippen LogP contribution in [0.1, 0.15) is 52.4 Å². The lowest BCUT2D eigenvalue weighted by Gasteiger charge is -2.26. The van der Waals surface area contributed by atoms with Crippen molar-refractivity contribution < 1.29 is 4.79 Å². The van der Waals surface area contributed by atoms with Crippen LogP contribution in [0.15, 0.2) is 12.2 Å². The Morgan fingerprint density at radius 3 is 1.64 bits per heavy atom. The van der Waals surface area contributed by atoms with Crippen molar-refractivity contribution in [2.24, 2.45) is 11.8 Å². The normalized spacial score (nSPS) is 22.1. The van der Waals surface area contributed by atoms with Crippen LogP contribution < -0.4 is 0 Å². The minimum atomic E-state index is 0.451. The van der Waals surface area contributed by atoms with Crippen molar-refractivity contribution in [3.8, 4) is 0 Å². The van der Waals surface area contributed by atoms with Crippen molar-refractivity contribution in [1.82, 2.24) is 0 Å². The monoisotopic (exact) mass is 194 g/mol. The Morgan fingerprint density at radius 1 is 1.07 bits per heavy atom. The highest BCUT2D eigenvalue weighted by molar-refractivity contribution is 5.84. The molecular weight excluding hydrogens is 172 g/mol. The molecular formula is C13H22O. The number of carbonyl (C=O) groups excluding carboxylic acids is 1. The zero-order valence-corrected chi connectivity index (χ0v) is 9.51. The molecule has 0 aromatic heterocycles. The van der Waals surface area contributed by atoms with Gasteiger partial charge in [0.2, 0.25) is 0 Å². The van der Waals surface area contributed by atoms with Gasteiger partial charge in [-0.3, -0.25) is 4.79 Å². The highest BCUT2D eigenvalue weighted by Gasteiger charge is 2.23. The van der Waals surface area contributed by atoms with E-state index in [2.05, 4.69) is 20.4 Å². The lowest BCUT2D eigenvalue weighted by atomic mass is 9.80. The average molecular weight is 194 g/mol. The Morgan fingerprint density at radius 2 is 1.50 bits per heavy atom. The van der Waals surface area contributed by atoms with Crippen molar-refractivity contribution in [3.05, 3.63) is 12.2 Å². The predicted molar refractivity (Wildman–Crippen MR) is 60.2 cm³/mol. The zero-order chi connectivity index (χ0) is 10.6. The average Bonchev–Trinajstić information content (AvgIpc) is 2.08. The van der Waals surface area contributed by atoms with Crippen LogP contribution in [0, 0.1) is 11.8 Å². The van der Waals surface area contributed by atoms with E-state index in [9.17, 15) is 4.79 Å². The number of rotatable bonds is 2. The molecule has 0 atom stereocenters. The van der Waals surface area contributed by atoms with Crippen LogP contribution in [0.3, 0.4) is 0 Å². The summed E-state index contributed by atoms with van der Waals surface area (Å²) in [6, 6.07) is 0. The van der Waals surface area contributed by atoms with E-state index >= 15 is 0 Å². The van der Waals surface area contributed by atoms with Gasteiger partial charge in [-0.1, -0.05) is 38.8 Å². The molecule has 0 N–H and O–H groups in total. The lowest BCUT2D eigenvalue weighted by Crippen LogP contribution is -2.21. The van der Waals surface area contributed by atoms with Gasteiger partial charge in [0.1, 0.15) is 5.78 Å². The maximum Gasteiger partial charge on any atom is 0.133 e. The van der Waals surface area contributed by atoms with E-state index in [1.54, 1.807) is 0 Å². The van der Waals surface area contributed by atoms with Gasteiger partial charge >= 0.3 is 0 Å². The Hall–Kier alpha value is -0.590. The third kappa shape index (κ3) is 3.28. The van der Waals surface area contributed by atoms with Gasteiger partial charge < -0.3 is 0 Å². The molecule has 2 fully saturated rings. The van der Waals surface area contributed by atoms with E-state index in [1.807, 2.05) is 0 Å². The Balaban J connectivity index is 0.000000140. The quantitative estimate of drug-likeness (QED) is 0.612. The van der Waals surface area contributed by atoms with Crippen LogP contribution in [-0.4, -0.2) is 5.78 Å². The summed E-state index contributed by atoms with van der Waals surface area (Å²) in [6.07, 6.45) is 6.85. The summed E-state index contributed by atoms with van der Waals surface area (Å²) in [5.74, 6) is 2.19.